The van der Waals surface area contributed by atoms with Crippen molar-refractivity contribution >= 4 is 11.6 Å². The SMILES string of the molecule is O=C(Nc1ccc(OCc2ccccn2)nc1)c1cccc2c1Cc1ccccc1-2. The van der Waals surface area contributed by atoms with Crippen LogP contribution in [0.15, 0.2) is 85.2 Å². The fourth-order valence-electron chi connectivity index (χ4n) is 3.74. The van der Waals surface area contributed by atoms with Gasteiger partial charge in [0.15, 0.2) is 0 Å². The number of rotatable bonds is 5. The first-order valence-electron chi connectivity index (χ1n) is 9.78. The van der Waals surface area contributed by atoms with Gasteiger partial charge in [-0.05, 0) is 52.9 Å². The Balaban J connectivity index is 1.29. The second-order valence-electron chi connectivity index (χ2n) is 7.11. The molecule has 0 saturated carbocycles. The third kappa shape index (κ3) is 3.53. The standard InChI is InChI=1S/C25H19N3O2/c29-25(22-10-5-9-21-20-8-2-1-6-17(20)14-23(21)22)28-18-11-12-24(27-15-18)30-16-19-7-3-4-13-26-19/h1-13,15H,14,16H2,(H,28,29). The summed E-state index contributed by atoms with van der Waals surface area (Å²) in [5.41, 5.74) is 6.81. The predicted octanol–water partition coefficient (Wildman–Crippen LogP) is 4.88. The first kappa shape index (κ1) is 18.1. The van der Waals surface area contributed by atoms with Crippen LogP contribution in [0.4, 0.5) is 5.69 Å². The Morgan fingerprint density at radius 3 is 2.60 bits per heavy atom. The van der Waals surface area contributed by atoms with Crippen LogP contribution in [0.25, 0.3) is 11.1 Å². The lowest BCUT2D eigenvalue weighted by Crippen LogP contribution is -2.14. The van der Waals surface area contributed by atoms with Crippen molar-refractivity contribution in [3.8, 4) is 17.0 Å². The van der Waals surface area contributed by atoms with Crippen LogP contribution >= 0.6 is 0 Å². The van der Waals surface area contributed by atoms with Gasteiger partial charge in [0, 0.05) is 17.8 Å². The fourth-order valence-corrected chi connectivity index (χ4v) is 3.74. The van der Waals surface area contributed by atoms with Gasteiger partial charge in [-0.2, -0.15) is 0 Å². The summed E-state index contributed by atoms with van der Waals surface area (Å²) in [7, 11) is 0. The van der Waals surface area contributed by atoms with Crippen LogP contribution in [-0.2, 0) is 13.0 Å². The van der Waals surface area contributed by atoms with Crippen molar-refractivity contribution < 1.29 is 9.53 Å². The van der Waals surface area contributed by atoms with Crippen molar-refractivity contribution in [3.63, 3.8) is 0 Å². The molecule has 1 amide bonds. The van der Waals surface area contributed by atoms with Gasteiger partial charge in [0.1, 0.15) is 6.61 Å². The molecule has 2 aromatic heterocycles. The molecule has 0 bridgehead atoms. The van der Waals surface area contributed by atoms with E-state index in [9.17, 15) is 4.79 Å². The number of pyridine rings is 2. The Labute approximate surface area is 174 Å². The van der Waals surface area contributed by atoms with Crippen molar-refractivity contribution in [2.24, 2.45) is 0 Å². The molecule has 1 N–H and O–H groups in total. The van der Waals surface area contributed by atoms with E-state index < -0.39 is 0 Å². The summed E-state index contributed by atoms with van der Waals surface area (Å²) >= 11 is 0. The van der Waals surface area contributed by atoms with Crippen LogP contribution < -0.4 is 10.1 Å². The van der Waals surface area contributed by atoms with Crippen LogP contribution in [0.5, 0.6) is 5.88 Å². The number of ether oxygens (including phenoxy) is 1. The largest absolute Gasteiger partial charge is 0.471 e. The van der Waals surface area contributed by atoms with E-state index in [1.165, 1.54) is 11.1 Å². The molecule has 0 fully saturated rings. The highest BCUT2D eigenvalue weighted by Crippen LogP contribution is 2.38. The lowest BCUT2D eigenvalue weighted by Gasteiger charge is -2.10. The number of carbonyl (C=O) groups excluding carboxylic acids is 1. The number of anilines is 1. The Kier molecular flexibility index (Phi) is 4.69. The van der Waals surface area contributed by atoms with E-state index in [2.05, 4.69) is 33.5 Å². The summed E-state index contributed by atoms with van der Waals surface area (Å²) in [6.45, 7) is 0.344. The van der Waals surface area contributed by atoms with E-state index in [1.54, 1.807) is 24.5 Å². The molecule has 0 atom stereocenters. The number of aromatic nitrogens is 2. The minimum Gasteiger partial charge on any atom is -0.471 e. The number of benzene rings is 2. The van der Waals surface area contributed by atoms with Crippen LogP contribution in [0, 0.1) is 0 Å². The highest BCUT2D eigenvalue weighted by molar-refractivity contribution is 6.07. The molecule has 2 aromatic carbocycles. The molecule has 0 radical (unpaired) electrons. The van der Waals surface area contributed by atoms with Gasteiger partial charge in [-0.1, -0.05) is 42.5 Å². The maximum absolute atomic E-state index is 12.9. The average molecular weight is 393 g/mol. The lowest BCUT2D eigenvalue weighted by molar-refractivity contribution is 0.102. The van der Waals surface area contributed by atoms with Gasteiger partial charge in [0.25, 0.3) is 5.91 Å². The Hall–Kier alpha value is -3.99. The monoisotopic (exact) mass is 393 g/mol. The Bertz CT molecular complexity index is 1200. The highest BCUT2D eigenvalue weighted by Gasteiger charge is 2.23. The molecule has 0 aliphatic heterocycles. The molecule has 1 aliphatic rings. The predicted molar refractivity (Wildman–Crippen MR) is 115 cm³/mol. The van der Waals surface area contributed by atoms with Crippen molar-refractivity contribution in [1.29, 1.82) is 0 Å². The average Bonchev–Trinajstić information content (AvgIpc) is 3.18. The fraction of sp³-hybridized carbons (Fsp3) is 0.0800. The zero-order valence-electron chi connectivity index (χ0n) is 16.2. The van der Waals surface area contributed by atoms with E-state index in [4.69, 9.17) is 4.74 Å². The summed E-state index contributed by atoms with van der Waals surface area (Å²) in [6, 6.07) is 23.4. The second-order valence-corrected chi connectivity index (χ2v) is 7.11. The molecule has 5 heteroatoms. The molecule has 0 saturated heterocycles. The van der Waals surface area contributed by atoms with Crippen LogP contribution in [0.3, 0.4) is 0 Å². The van der Waals surface area contributed by atoms with Gasteiger partial charge in [-0.25, -0.2) is 4.98 Å². The van der Waals surface area contributed by atoms with E-state index >= 15 is 0 Å². The molecule has 5 nitrogen and oxygen atoms in total. The number of amides is 1. The Morgan fingerprint density at radius 2 is 1.77 bits per heavy atom. The summed E-state index contributed by atoms with van der Waals surface area (Å²) in [5.74, 6) is 0.346. The van der Waals surface area contributed by atoms with E-state index in [-0.39, 0.29) is 5.91 Å². The van der Waals surface area contributed by atoms with Gasteiger partial charge in [-0.3, -0.25) is 9.78 Å². The number of nitrogens with zero attached hydrogens (tertiary/aromatic N) is 2. The third-order valence-corrected chi connectivity index (χ3v) is 5.18. The van der Waals surface area contributed by atoms with Gasteiger partial charge < -0.3 is 10.1 Å². The van der Waals surface area contributed by atoms with Crippen LogP contribution in [0.1, 0.15) is 27.2 Å². The summed E-state index contributed by atoms with van der Waals surface area (Å²) in [6.07, 6.45) is 4.10. The maximum atomic E-state index is 12.9. The normalized spacial score (nSPS) is 11.5. The number of hydrogen-bond acceptors (Lipinski definition) is 4. The molecule has 30 heavy (non-hydrogen) atoms. The zero-order chi connectivity index (χ0) is 20.3. The molecular formula is C25H19N3O2. The second kappa shape index (κ2) is 7.79. The quantitative estimate of drug-likeness (QED) is 0.462. The highest BCUT2D eigenvalue weighted by atomic mass is 16.5. The van der Waals surface area contributed by atoms with Crippen LogP contribution in [-0.4, -0.2) is 15.9 Å². The minimum atomic E-state index is -0.136. The first-order valence-corrected chi connectivity index (χ1v) is 9.78. The van der Waals surface area contributed by atoms with Crippen molar-refractivity contribution in [2.75, 3.05) is 5.32 Å². The molecule has 4 aromatic rings. The molecule has 2 heterocycles. The number of fused-ring (bicyclic) bond motifs is 3. The molecule has 0 spiro atoms. The number of nitrogens with one attached hydrogen (secondary N) is 1. The van der Waals surface area contributed by atoms with Gasteiger partial charge in [0.2, 0.25) is 5.88 Å². The minimum absolute atomic E-state index is 0.136. The smallest absolute Gasteiger partial charge is 0.256 e. The van der Waals surface area contributed by atoms with Crippen molar-refractivity contribution in [3.05, 3.63) is 108 Å². The first-order chi connectivity index (χ1) is 14.8. The summed E-state index contributed by atoms with van der Waals surface area (Å²) in [4.78, 5) is 21.4. The molecule has 5 rings (SSSR count). The van der Waals surface area contributed by atoms with E-state index in [0.717, 1.165) is 23.2 Å². The number of hydrogen-bond donors (Lipinski definition) is 1. The van der Waals surface area contributed by atoms with Gasteiger partial charge in [0.05, 0.1) is 17.6 Å². The van der Waals surface area contributed by atoms with E-state index in [0.29, 0.717) is 23.7 Å². The van der Waals surface area contributed by atoms with Crippen molar-refractivity contribution in [1.82, 2.24) is 9.97 Å². The third-order valence-electron chi connectivity index (χ3n) is 5.18. The van der Waals surface area contributed by atoms with Gasteiger partial charge in [-0.15, -0.1) is 0 Å². The molecular weight excluding hydrogens is 374 g/mol. The topological polar surface area (TPSA) is 64.1 Å². The maximum Gasteiger partial charge on any atom is 0.256 e. The molecule has 146 valence electrons. The van der Waals surface area contributed by atoms with E-state index in [1.807, 2.05) is 42.5 Å². The summed E-state index contributed by atoms with van der Waals surface area (Å²) < 4.78 is 5.65. The summed E-state index contributed by atoms with van der Waals surface area (Å²) in [5, 5.41) is 2.95. The van der Waals surface area contributed by atoms with Crippen LogP contribution in [0.2, 0.25) is 0 Å². The zero-order valence-corrected chi connectivity index (χ0v) is 16.2. The molecule has 0 unspecified atom stereocenters. The van der Waals surface area contributed by atoms with Gasteiger partial charge >= 0.3 is 0 Å². The number of carbonyl (C=O) groups is 1. The lowest BCUT2D eigenvalue weighted by atomic mass is 10.0. The Morgan fingerprint density at radius 1 is 0.900 bits per heavy atom. The van der Waals surface area contributed by atoms with Crippen molar-refractivity contribution in [2.45, 2.75) is 13.0 Å². The molecule has 1 aliphatic carbocycles.